The van der Waals surface area contributed by atoms with Crippen LogP contribution in [0.2, 0.25) is 0 Å². The van der Waals surface area contributed by atoms with Crippen LogP contribution < -0.4 is 0 Å². The van der Waals surface area contributed by atoms with E-state index in [-0.39, 0.29) is 0 Å². The van der Waals surface area contributed by atoms with Crippen LogP contribution in [0.15, 0.2) is 0 Å². The van der Waals surface area contributed by atoms with Crippen molar-refractivity contribution in [2.45, 2.75) is 25.2 Å². The highest BCUT2D eigenvalue weighted by Gasteiger charge is 2.62. The SMILES string of the molecule is CCC(F)(F)C(F)(F)[C](F)F. The Kier molecular flexibility index (Phi) is 2.79. The standard InChI is InChI=1S/C5H5F6/c1-2-4(8,9)5(10,11)3(6)7/h2H2,1H3. The van der Waals surface area contributed by atoms with Crippen LogP contribution >= 0.6 is 0 Å². The Hall–Kier alpha value is -0.420. The van der Waals surface area contributed by atoms with Gasteiger partial charge in [0.1, 0.15) is 0 Å². The molecule has 0 spiro atoms. The number of alkyl halides is 4. The van der Waals surface area contributed by atoms with Gasteiger partial charge in [-0.1, -0.05) is 6.92 Å². The van der Waals surface area contributed by atoms with Crippen LogP contribution in [-0.2, 0) is 0 Å². The molecule has 67 valence electrons. The molecule has 0 aromatic heterocycles. The fraction of sp³-hybridized carbons (Fsp3) is 0.800. The molecule has 0 aliphatic heterocycles. The lowest BCUT2D eigenvalue weighted by atomic mass is 10.1. The molecule has 6 heteroatoms. The summed E-state index contributed by atoms with van der Waals surface area (Å²) in [4.78, 5) is 0. The Morgan fingerprint density at radius 2 is 1.45 bits per heavy atom. The number of halogens is 6. The highest BCUT2D eigenvalue weighted by Crippen LogP contribution is 2.44. The van der Waals surface area contributed by atoms with Gasteiger partial charge in [0.15, 0.2) is 0 Å². The smallest absolute Gasteiger partial charge is 0.200 e. The van der Waals surface area contributed by atoms with Crippen LogP contribution in [0.4, 0.5) is 26.3 Å². The van der Waals surface area contributed by atoms with Gasteiger partial charge in [0.2, 0.25) is 0 Å². The zero-order chi connectivity index (χ0) is 9.28. The summed E-state index contributed by atoms with van der Waals surface area (Å²) in [6.45, 7) is 0.705. The molecule has 0 amide bonds. The lowest BCUT2D eigenvalue weighted by molar-refractivity contribution is -0.228. The summed E-state index contributed by atoms with van der Waals surface area (Å²) in [6.07, 6.45) is -4.87. The first-order valence-corrected chi connectivity index (χ1v) is 2.69. The van der Waals surface area contributed by atoms with E-state index in [1.807, 2.05) is 0 Å². The molecule has 0 rings (SSSR count). The molecule has 0 aromatic rings. The molecule has 0 aromatic carbocycles. The third-order valence-corrected chi connectivity index (χ3v) is 1.14. The second-order valence-corrected chi connectivity index (χ2v) is 1.89. The van der Waals surface area contributed by atoms with Crippen LogP contribution in [-0.4, -0.2) is 11.8 Å². The Bertz CT molecular complexity index is 129. The zero-order valence-electron chi connectivity index (χ0n) is 5.47. The van der Waals surface area contributed by atoms with Crippen LogP contribution in [0.25, 0.3) is 0 Å². The summed E-state index contributed by atoms with van der Waals surface area (Å²) in [5.41, 5.74) is 0. The first kappa shape index (κ1) is 10.6. The van der Waals surface area contributed by atoms with Crippen molar-refractivity contribution in [2.24, 2.45) is 0 Å². The van der Waals surface area contributed by atoms with E-state index < -0.39 is 24.7 Å². The molecule has 11 heavy (non-hydrogen) atoms. The third-order valence-electron chi connectivity index (χ3n) is 1.14. The van der Waals surface area contributed by atoms with Crippen molar-refractivity contribution in [1.82, 2.24) is 0 Å². The number of hydrogen-bond acceptors (Lipinski definition) is 0. The molecule has 0 saturated heterocycles. The third kappa shape index (κ3) is 1.78. The van der Waals surface area contributed by atoms with Gasteiger partial charge in [-0.25, -0.2) is 0 Å². The maximum atomic E-state index is 11.9. The lowest BCUT2D eigenvalue weighted by Crippen LogP contribution is -2.42. The van der Waals surface area contributed by atoms with E-state index >= 15 is 0 Å². The molecule has 0 bridgehead atoms. The molecule has 0 aliphatic carbocycles. The maximum Gasteiger partial charge on any atom is 0.384 e. The minimum Gasteiger partial charge on any atom is -0.200 e. The van der Waals surface area contributed by atoms with Gasteiger partial charge in [-0.2, -0.15) is 26.3 Å². The molecule has 0 aliphatic rings. The van der Waals surface area contributed by atoms with Gasteiger partial charge in [-0.15, -0.1) is 0 Å². The molecule has 0 fully saturated rings. The fourth-order valence-electron chi connectivity index (χ4n) is 0.360. The van der Waals surface area contributed by atoms with Crippen LogP contribution in [0.5, 0.6) is 0 Å². The molecule has 1 radical (unpaired) electrons. The van der Waals surface area contributed by atoms with E-state index in [9.17, 15) is 26.3 Å². The topological polar surface area (TPSA) is 0 Å². The van der Waals surface area contributed by atoms with Gasteiger partial charge in [0.05, 0.1) is 0 Å². The Morgan fingerprint density at radius 1 is 1.09 bits per heavy atom. The summed E-state index contributed by atoms with van der Waals surface area (Å²) in [5, 5.41) is 0. The quantitative estimate of drug-likeness (QED) is 0.584. The van der Waals surface area contributed by atoms with Crippen LogP contribution in [0.3, 0.4) is 0 Å². The second-order valence-electron chi connectivity index (χ2n) is 1.89. The Labute approximate surface area is 59.2 Å². The summed E-state index contributed by atoms with van der Waals surface area (Å²) in [6, 6.07) is 0. The average molecular weight is 179 g/mol. The summed E-state index contributed by atoms with van der Waals surface area (Å²) >= 11 is 0. The van der Waals surface area contributed by atoms with Crippen LogP contribution in [0.1, 0.15) is 13.3 Å². The molecule has 0 heterocycles. The molecule has 0 nitrogen and oxygen atoms in total. The molecule has 0 N–H and O–H groups in total. The van der Waals surface area contributed by atoms with E-state index in [1.165, 1.54) is 0 Å². The molecule has 0 atom stereocenters. The summed E-state index contributed by atoms with van der Waals surface area (Å²) < 4.78 is 69.8. The Balaban J connectivity index is 4.53. The molecular weight excluding hydrogens is 174 g/mol. The van der Waals surface area contributed by atoms with E-state index in [0.717, 1.165) is 0 Å². The largest absolute Gasteiger partial charge is 0.384 e. The zero-order valence-corrected chi connectivity index (χ0v) is 5.47. The second kappa shape index (κ2) is 2.91. The first-order valence-electron chi connectivity index (χ1n) is 2.69. The van der Waals surface area contributed by atoms with Gasteiger partial charge in [0.25, 0.3) is 0 Å². The minimum atomic E-state index is -5.30. The average Bonchev–Trinajstić information content (AvgIpc) is 1.87. The predicted octanol–water partition coefficient (Wildman–Crippen LogP) is 3.10. The van der Waals surface area contributed by atoms with E-state index in [2.05, 4.69) is 0 Å². The Morgan fingerprint density at radius 3 is 1.55 bits per heavy atom. The van der Waals surface area contributed by atoms with Crippen LogP contribution in [0, 0.1) is 6.43 Å². The first-order chi connectivity index (χ1) is 4.75. The van der Waals surface area contributed by atoms with Crippen molar-refractivity contribution >= 4 is 0 Å². The monoisotopic (exact) mass is 179 g/mol. The van der Waals surface area contributed by atoms with Gasteiger partial charge >= 0.3 is 18.3 Å². The lowest BCUT2D eigenvalue weighted by Gasteiger charge is -2.22. The van der Waals surface area contributed by atoms with Crippen molar-refractivity contribution in [1.29, 1.82) is 0 Å². The van der Waals surface area contributed by atoms with Crippen molar-refractivity contribution < 1.29 is 26.3 Å². The predicted molar refractivity (Wildman–Crippen MR) is 25.6 cm³/mol. The molecule has 0 unspecified atom stereocenters. The summed E-state index contributed by atoms with van der Waals surface area (Å²) in [7, 11) is 0. The van der Waals surface area contributed by atoms with Gasteiger partial charge < -0.3 is 0 Å². The normalized spacial score (nSPS) is 14.2. The van der Waals surface area contributed by atoms with Crippen molar-refractivity contribution in [3.05, 3.63) is 6.43 Å². The van der Waals surface area contributed by atoms with Crippen molar-refractivity contribution in [3.8, 4) is 0 Å². The summed E-state index contributed by atoms with van der Waals surface area (Å²) in [5.74, 6) is -9.96. The molecular formula is C5H5F6. The number of hydrogen-bond donors (Lipinski definition) is 0. The van der Waals surface area contributed by atoms with Crippen molar-refractivity contribution in [3.63, 3.8) is 0 Å². The maximum absolute atomic E-state index is 11.9. The van der Waals surface area contributed by atoms with E-state index in [0.29, 0.717) is 6.92 Å². The highest BCUT2D eigenvalue weighted by molar-refractivity contribution is 4.94. The fourth-order valence-corrected chi connectivity index (χ4v) is 0.360. The minimum absolute atomic E-state index is 0.705. The van der Waals surface area contributed by atoms with Gasteiger partial charge in [0, 0.05) is 6.42 Å². The van der Waals surface area contributed by atoms with E-state index in [1.54, 1.807) is 0 Å². The molecule has 0 saturated carbocycles. The van der Waals surface area contributed by atoms with Gasteiger partial charge in [-0.05, 0) is 0 Å². The van der Waals surface area contributed by atoms with Crippen molar-refractivity contribution in [2.75, 3.05) is 0 Å². The number of rotatable bonds is 3. The van der Waals surface area contributed by atoms with Gasteiger partial charge in [-0.3, -0.25) is 0 Å². The van der Waals surface area contributed by atoms with E-state index in [4.69, 9.17) is 0 Å². The highest BCUT2D eigenvalue weighted by atomic mass is 19.3.